The van der Waals surface area contributed by atoms with E-state index < -0.39 is 24.9 Å². The van der Waals surface area contributed by atoms with E-state index in [1.54, 1.807) is 0 Å². The van der Waals surface area contributed by atoms with Gasteiger partial charge >= 0.3 is 0 Å². The van der Waals surface area contributed by atoms with Crippen molar-refractivity contribution >= 4 is 0 Å². The van der Waals surface area contributed by atoms with Crippen molar-refractivity contribution in [1.29, 1.82) is 0 Å². The van der Waals surface area contributed by atoms with Crippen LogP contribution in [0.1, 0.15) is 39.5 Å². The van der Waals surface area contributed by atoms with E-state index in [2.05, 4.69) is 0 Å². The Hall–Kier alpha value is -0.280. The minimum atomic E-state index is -1.01. The summed E-state index contributed by atoms with van der Waals surface area (Å²) in [5, 5.41) is 19.8. The zero-order valence-electron chi connectivity index (χ0n) is 13.4. The molecule has 0 aromatic rings. The van der Waals surface area contributed by atoms with Gasteiger partial charge in [-0.3, -0.25) is 0 Å². The summed E-state index contributed by atoms with van der Waals surface area (Å²) in [6.07, 6.45) is 0.114. The van der Waals surface area contributed by atoms with Crippen molar-refractivity contribution in [3.05, 3.63) is 0 Å². The lowest BCUT2D eigenvalue weighted by Gasteiger charge is -2.40. The third kappa shape index (κ3) is 4.86. The number of aliphatic hydroxyl groups excluding tert-OH is 2. The molecule has 0 aromatic carbocycles. The van der Waals surface area contributed by atoms with Gasteiger partial charge in [0, 0.05) is 32.5 Å². The maximum absolute atomic E-state index is 9.94. The first kappa shape index (κ1) is 18.1. The molecule has 0 spiro atoms. The molecular weight excluding hydrogens is 290 g/mol. The fourth-order valence-corrected chi connectivity index (χ4v) is 3.34. The molecule has 0 saturated carbocycles. The third-order valence-electron chi connectivity index (χ3n) is 4.37. The fourth-order valence-electron chi connectivity index (χ4n) is 3.34. The summed E-state index contributed by atoms with van der Waals surface area (Å²) in [5.74, 6) is 0.321. The quantitative estimate of drug-likeness (QED) is 0.656. The molecule has 0 aliphatic carbocycles. The van der Waals surface area contributed by atoms with Crippen molar-refractivity contribution in [3.63, 3.8) is 0 Å². The molecule has 7 heteroatoms. The molecule has 2 heterocycles. The lowest BCUT2D eigenvalue weighted by molar-refractivity contribution is -0.275. The Labute approximate surface area is 131 Å². The van der Waals surface area contributed by atoms with Crippen LogP contribution in [-0.2, 0) is 18.9 Å². The maximum atomic E-state index is 9.94. The molecule has 130 valence electrons. The van der Waals surface area contributed by atoms with Crippen LogP contribution in [0.2, 0.25) is 0 Å². The van der Waals surface area contributed by atoms with Crippen LogP contribution in [-0.4, -0.2) is 54.6 Å². The van der Waals surface area contributed by atoms with Crippen molar-refractivity contribution < 1.29 is 29.2 Å². The molecule has 0 aromatic heterocycles. The molecule has 7 nitrogen and oxygen atoms in total. The van der Waals surface area contributed by atoms with E-state index >= 15 is 0 Å². The summed E-state index contributed by atoms with van der Waals surface area (Å²) >= 11 is 0. The summed E-state index contributed by atoms with van der Waals surface area (Å²) in [6.45, 7) is 4.87. The van der Waals surface area contributed by atoms with Crippen molar-refractivity contribution in [2.24, 2.45) is 17.6 Å². The van der Waals surface area contributed by atoms with E-state index in [1.807, 2.05) is 13.8 Å². The number of aliphatic hydroxyl groups is 2. The van der Waals surface area contributed by atoms with Gasteiger partial charge in [0.15, 0.2) is 25.2 Å². The van der Waals surface area contributed by atoms with Gasteiger partial charge in [-0.1, -0.05) is 0 Å². The number of nitrogens with two attached hydrogens (primary N) is 1. The van der Waals surface area contributed by atoms with Crippen LogP contribution in [0.5, 0.6) is 0 Å². The highest BCUT2D eigenvalue weighted by Crippen LogP contribution is 2.35. The predicted octanol–water partition coefficient (Wildman–Crippen LogP) is 0.529. The van der Waals surface area contributed by atoms with Gasteiger partial charge in [0.2, 0.25) is 0 Å². The van der Waals surface area contributed by atoms with Gasteiger partial charge in [0.05, 0.1) is 6.04 Å². The minimum absolute atomic E-state index is 0.0814. The van der Waals surface area contributed by atoms with Gasteiger partial charge in [0.25, 0.3) is 0 Å². The number of rotatable bonds is 6. The molecule has 4 N–H and O–H groups in total. The Balaban J connectivity index is 1.92. The van der Waals surface area contributed by atoms with Gasteiger partial charge in [-0.25, -0.2) is 0 Å². The van der Waals surface area contributed by atoms with E-state index in [-0.39, 0.29) is 18.1 Å². The fraction of sp³-hybridized carbons (Fsp3) is 1.00. The standard InChI is InChI=1S/C15H29NO6/c1-3-19-12-7-9(6-11(17)21-12)5-10-8-13(20-4-2)22-15(18)14(10)16/h9-15,17-18H,3-8,16H2,1-2H3/t9-,10?,11?,12?,13?,14+,15?/m0/s1. The topological polar surface area (TPSA) is 103 Å². The molecule has 0 amide bonds. The highest BCUT2D eigenvalue weighted by atomic mass is 16.7. The van der Waals surface area contributed by atoms with Gasteiger partial charge in [-0.2, -0.15) is 0 Å². The Morgan fingerprint density at radius 3 is 2.27 bits per heavy atom. The van der Waals surface area contributed by atoms with Crippen LogP contribution < -0.4 is 5.73 Å². The molecule has 2 aliphatic rings. The Bertz CT molecular complexity index is 331. The average Bonchev–Trinajstić information content (AvgIpc) is 2.44. The first-order valence-electron chi connectivity index (χ1n) is 8.19. The van der Waals surface area contributed by atoms with Crippen molar-refractivity contribution in [2.75, 3.05) is 13.2 Å². The monoisotopic (exact) mass is 319 g/mol. The van der Waals surface area contributed by atoms with E-state index in [1.165, 1.54) is 0 Å². The van der Waals surface area contributed by atoms with E-state index in [9.17, 15) is 10.2 Å². The largest absolute Gasteiger partial charge is 0.368 e. The highest BCUT2D eigenvalue weighted by Gasteiger charge is 2.39. The van der Waals surface area contributed by atoms with Gasteiger partial charge in [-0.15, -0.1) is 0 Å². The summed E-state index contributed by atoms with van der Waals surface area (Å²) < 4.78 is 21.6. The van der Waals surface area contributed by atoms with Gasteiger partial charge in [0.1, 0.15) is 0 Å². The summed E-state index contributed by atoms with van der Waals surface area (Å²) in [4.78, 5) is 0. The Morgan fingerprint density at radius 1 is 1.00 bits per heavy atom. The SMILES string of the molecule is CCOC1C[C@@H](CC2CC(OCC)OC(O)[C@@H]2N)CC(O)O1. The lowest BCUT2D eigenvalue weighted by Crippen LogP contribution is -2.51. The molecule has 2 fully saturated rings. The third-order valence-corrected chi connectivity index (χ3v) is 4.37. The number of hydrogen-bond acceptors (Lipinski definition) is 7. The molecule has 2 rings (SSSR count). The zero-order valence-corrected chi connectivity index (χ0v) is 13.4. The molecule has 0 radical (unpaired) electrons. The van der Waals surface area contributed by atoms with Crippen LogP contribution in [0.4, 0.5) is 0 Å². The van der Waals surface area contributed by atoms with Crippen LogP contribution in [0.15, 0.2) is 0 Å². The van der Waals surface area contributed by atoms with Crippen LogP contribution in [0.25, 0.3) is 0 Å². The van der Waals surface area contributed by atoms with E-state index in [0.29, 0.717) is 26.1 Å². The molecule has 0 bridgehead atoms. The van der Waals surface area contributed by atoms with Crippen LogP contribution in [0.3, 0.4) is 0 Å². The number of hydrogen-bond donors (Lipinski definition) is 3. The first-order chi connectivity index (χ1) is 10.5. The molecule has 5 unspecified atom stereocenters. The highest BCUT2D eigenvalue weighted by molar-refractivity contribution is 4.84. The normalized spacial score (nSPS) is 43.2. The van der Waals surface area contributed by atoms with Crippen molar-refractivity contribution in [2.45, 2.75) is 70.7 Å². The first-order valence-corrected chi connectivity index (χ1v) is 8.19. The summed E-state index contributed by atoms with van der Waals surface area (Å²) in [6, 6.07) is -0.442. The van der Waals surface area contributed by atoms with Crippen LogP contribution >= 0.6 is 0 Å². The minimum Gasteiger partial charge on any atom is -0.368 e. The van der Waals surface area contributed by atoms with Crippen molar-refractivity contribution in [1.82, 2.24) is 0 Å². The zero-order chi connectivity index (χ0) is 16.1. The van der Waals surface area contributed by atoms with Gasteiger partial charge in [-0.05, 0) is 32.1 Å². The molecule has 2 aliphatic heterocycles. The van der Waals surface area contributed by atoms with Crippen LogP contribution in [0, 0.1) is 11.8 Å². The van der Waals surface area contributed by atoms with E-state index in [0.717, 1.165) is 12.8 Å². The van der Waals surface area contributed by atoms with Crippen molar-refractivity contribution in [3.8, 4) is 0 Å². The molecule has 2 saturated heterocycles. The Morgan fingerprint density at radius 2 is 1.64 bits per heavy atom. The smallest absolute Gasteiger partial charge is 0.173 e. The molecule has 22 heavy (non-hydrogen) atoms. The van der Waals surface area contributed by atoms with E-state index in [4.69, 9.17) is 24.7 Å². The second-order valence-corrected chi connectivity index (χ2v) is 6.03. The molecular formula is C15H29NO6. The average molecular weight is 319 g/mol. The second kappa shape index (κ2) is 8.54. The second-order valence-electron chi connectivity index (χ2n) is 6.03. The van der Waals surface area contributed by atoms with Gasteiger partial charge < -0.3 is 34.9 Å². The predicted molar refractivity (Wildman–Crippen MR) is 78.4 cm³/mol. The molecule has 7 atom stereocenters. The summed E-state index contributed by atoms with van der Waals surface area (Å²) in [5.41, 5.74) is 6.07. The summed E-state index contributed by atoms with van der Waals surface area (Å²) in [7, 11) is 0. The Kier molecular flexibility index (Phi) is 7.01. The number of ether oxygens (including phenoxy) is 4. The lowest BCUT2D eigenvalue weighted by atomic mass is 9.81. The maximum Gasteiger partial charge on any atom is 0.173 e.